The molecule has 172 valence electrons. The molecular weight excluding hydrogens is 406 g/mol. The van der Waals surface area contributed by atoms with Crippen LogP contribution in [0.2, 0.25) is 0 Å². The maximum absolute atomic E-state index is 13.4. The molecule has 1 aliphatic heterocycles. The van der Waals surface area contributed by atoms with Crippen molar-refractivity contribution in [1.82, 2.24) is 19.8 Å². The number of aromatic nitrogens is 1. The molecule has 8 nitrogen and oxygen atoms in total. The summed E-state index contributed by atoms with van der Waals surface area (Å²) in [5, 5.41) is 9.16. The van der Waals surface area contributed by atoms with E-state index in [0.29, 0.717) is 19.6 Å². The Morgan fingerprint density at radius 1 is 1.19 bits per heavy atom. The number of ether oxygens (including phenoxy) is 1. The molecule has 1 aromatic heterocycles. The summed E-state index contributed by atoms with van der Waals surface area (Å²) in [7, 11) is 3.53. The van der Waals surface area contributed by atoms with Gasteiger partial charge < -0.3 is 19.5 Å². The number of carbonyl (C=O) groups excluding carboxylic acids is 2. The van der Waals surface area contributed by atoms with E-state index in [1.54, 1.807) is 7.11 Å². The molecule has 1 aliphatic rings. The minimum Gasteiger partial charge on any atom is -0.383 e. The fraction of sp³-hybridized carbons (Fsp3) is 0.458. The van der Waals surface area contributed by atoms with Crippen molar-refractivity contribution in [1.29, 1.82) is 0 Å². The van der Waals surface area contributed by atoms with Gasteiger partial charge in [-0.3, -0.25) is 4.79 Å². The third-order valence-corrected chi connectivity index (χ3v) is 5.25. The molecule has 0 saturated heterocycles. The Labute approximate surface area is 189 Å². The van der Waals surface area contributed by atoms with Crippen LogP contribution in [0.15, 0.2) is 53.8 Å². The molecule has 32 heavy (non-hydrogen) atoms. The SMILES string of the molecule is COCCN(CC(=O)N1N=C(c2cccn2C)C[C@H]1c1ccccc1)C(=O)NC(C)(C)C. The predicted octanol–water partition coefficient (Wildman–Crippen LogP) is 3.16. The Morgan fingerprint density at radius 3 is 2.50 bits per heavy atom. The quantitative estimate of drug-likeness (QED) is 0.720. The second kappa shape index (κ2) is 9.99. The third-order valence-electron chi connectivity index (χ3n) is 5.25. The Hall–Kier alpha value is -3.13. The largest absolute Gasteiger partial charge is 0.383 e. The lowest BCUT2D eigenvalue weighted by molar-refractivity contribution is -0.133. The van der Waals surface area contributed by atoms with Crippen LogP contribution in [0.4, 0.5) is 4.79 Å². The van der Waals surface area contributed by atoms with E-state index in [1.807, 2.05) is 81.0 Å². The molecule has 1 atom stereocenters. The highest BCUT2D eigenvalue weighted by molar-refractivity contribution is 6.02. The van der Waals surface area contributed by atoms with Crippen molar-refractivity contribution in [3.05, 3.63) is 59.9 Å². The first kappa shape index (κ1) is 23.5. The van der Waals surface area contributed by atoms with Gasteiger partial charge in [0.05, 0.1) is 24.1 Å². The van der Waals surface area contributed by atoms with E-state index < -0.39 is 5.54 Å². The fourth-order valence-corrected chi connectivity index (χ4v) is 3.68. The Balaban J connectivity index is 1.86. The van der Waals surface area contributed by atoms with Crippen LogP contribution in [0.1, 0.15) is 44.5 Å². The van der Waals surface area contributed by atoms with E-state index in [-0.39, 0.29) is 24.5 Å². The van der Waals surface area contributed by atoms with Crippen LogP contribution in [0.3, 0.4) is 0 Å². The van der Waals surface area contributed by atoms with Crippen LogP contribution >= 0.6 is 0 Å². The summed E-state index contributed by atoms with van der Waals surface area (Å²) in [4.78, 5) is 27.7. The number of aryl methyl sites for hydroxylation is 1. The number of benzene rings is 1. The van der Waals surface area contributed by atoms with E-state index in [1.165, 1.54) is 9.91 Å². The number of nitrogens with zero attached hydrogens (tertiary/aromatic N) is 4. The topological polar surface area (TPSA) is 79.2 Å². The summed E-state index contributed by atoms with van der Waals surface area (Å²) in [6, 6.07) is 13.3. The van der Waals surface area contributed by atoms with Crippen LogP contribution in [0.25, 0.3) is 0 Å². The van der Waals surface area contributed by atoms with E-state index in [9.17, 15) is 9.59 Å². The summed E-state index contributed by atoms with van der Waals surface area (Å²) in [6.45, 7) is 6.28. The number of hydrazone groups is 1. The van der Waals surface area contributed by atoms with Crippen molar-refractivity contribution in [3.63, 3.8) is 0 Å². The van der Waals surface area contributed by atoms with Gasteiger partial charge in [-0.2, -0.15) is 5.10 Å². The molecule has 3 amide bonds. The lowest BCUT2D eigenvalue weighted by atomic mass is 10.0. The Bertz CT molecular complexity index is 962. The van der Waals surface area contributed by atoms with E-state index >= 15 is 0 Å². The van der Waals surface area contributed by atoms with Crippen molar-refractivity contribution in [2.24, 2.45) is 12.1 Å². The zero-order chi connectivity index (χ0) is 23.3. The standard InChI is InChI=1S/C24H33N5O3/c1-24(2,3)25-23(31)28(14-15-32-5)17-22(30)29-21(18-10-7-6-8-11-18)16-19(26-29)20-12-9-13-27(20)4/h6-13,21H,14-17H2,1-5H3,(H,25,31)/t21-/m0/s1. The molecule has 0 unspecified atom stereocenters. The molecule has 0 bridgehead atoms. The summed E-state index contributed by atoms with van der Waals surface area (Å²) < 4.78 is 7.15. The lowest BCUT2D eigenvalue weighted by Gasteiger charge is -2.30. The molecule has 2 heterocycles. The van der Waals surface area contributed by atoms with Gasteiger partial charge in [-0.15, -0.1) is 0 Å². The number of hydrogen-bond acceptors (Lipinski definition) is 4. The molecule has 1 N–H and O–H groups in total. The molecule has 0 saturated carbocycles. The highest BCUT2D eigenvalue weighted by Crippen LogP contribution is 2.32. The van der Waals surface area contributed by atoms with Gasteiger partial charge in [0, 0.05) is 38.9 Å². The van der Waals surface area contributed by atoms with E-state index in [0.717, 1.165) is 17.0 Å². The first-order valence-electron chi connectivity index (χ1n) is 10.8. The Kier molecular flexibility index (Phi) is 7.35. The monoisotopic (exact) mass is 439 g/mol. The van der Waals surface area contributed by atoms with E-state index in [4.69, 9.17) is 9.84 Å². The van der Waals surface area contributed by atoms with Crippen molar-refractivity contribution >= 4 is 17.6 Å². The zero-order valence-corrected chi connectivity index (χ0v) is 19.5. The maximum atomic E-state index is 13.4. The molecule has 8 heteroatoms. The Morgan fingerprint density at radius 2 is 1.91 bits per heavy atom. The number of methoxy groups -OCH3 is 1. The van der Waals surface area contributed by atoms with Gasteiger partial charge in [-0.25, -0.2) is 9.80 Å². The van der Waals surface area contributed by atoms with Crippen LogP contribution in [0, 0.1) is 0 Å². The average Bonchev–Trinajstić information content (AvgIpc) is 3.36. The highest BCUT2D eigenvalue weighted by atomic mass is 16.5. The van der Waals surface area contributed by atoms with Crippen molar-refractivity contribution in [2.75, 3.05) is 26.8 Å². The number of rotatable bonds is 7. The minimum absolute atomic E-state index is 0.0848. The summed E-state index contributed by atoms with van der Waals surface area (Å²) in [5.74, 6) is -0.233. The van der Waals surface area contributed by atoms with Crippen LogP contribution in [-0.4, -0.2) is 64.5 Å². The smallest absolute Gasteiger partial charge is 0.318 e. The number of carbonyl (C=O) groups is 2. The summed E-state index contributed by atoms with van der Waals surface area (Å²) in [6.07, 6.45) is 2.57. The lowest BCUT2D eigenvalue weighted by Crippen LogP contribution is -2.52. The molecule has 0 fully saturated rings. The van der Waals surface area contributed by atoms with Crippen LogP contribution < -0.4 is 5.32 Å². The van der Waals surface area contributed by atoms with Gasteiger partial charge in [-0.05, 0) is 38.5 Å². The van der Waals surface area contributed by atoms with Gasteiger partial charge in [0.25, 0.3) is 5.91 Å². The molecule has 1 aromatic carbocycles. The van der Waals surface area contributed by atoms with Crippen molar-refractivity contribution < 1.29 is 14.3 Å². The van der Waals surface area contributed by atoms with Crippen LogP contribution in [0.5, 0.6) is 0 Å². The summed E-state index contributed by atoms with van der Waals surface area (Å²) in [5.41, 5.74) is 2.42. The third kappa shape index (κ3) is 5.76. The highest BCUT2D eigenvalue weighted by Gasteiger charge is 2.35. The number of amides is 3. The first-order valence-corrected chi connectivity index (χ1v) is 10.8. The molecule has 0 radical (unpaired) electrons. The predicted molar refractivity (Wildman–Crippen MR) is 124 cm³/mol. The summed E-state index contributed by atoms with van der Waals surface area (Å²) >= 11 is 0. The molecule has 0 aliphatic carbocycles. The molecule has 3 rings (SSSR count). The van der Waals surface area contributed by atoms with Gasteiger partial charge in [-0.1, -0.05) is 30.3 Å². The average molecular weight is 440 g/mol. The fourth-order valence-electron chi connectivity index (χ4n) is 3.68. The van der Waals surface area contributed by atoms with E-state index in [2.05, 4.69) is 5.32 Å². The van der Waals surface area contributed by atoms with Crippen molar-refractivity contribution in [2.45, 2.75) is 38.8 Å². The normalized spacial score (nSPS) is 16.1. The van der Waals surface area contributed by atoms with Gasteiger partial charge in [0.2, 0.25) is 0 Å². The van der Waals surface area contributed by atoms with Gasteiger partial charge >= 0.3 is 6.03 Å². The number of hydrogen-bond donors (Lipinski definition) is 1. The molecule has 2 aromatic rings. The minimum atomic E-state index is -0.413. The number of nitrogens with one attached hydrogen (secondary N) is 1. The first-order chi connectivity index (χ1) is 15.2. The second-order valence-electron chi connectivity index (χ2n) is 9.01. The molecule has 0 spiro atoms. The second-order valence-corrected chi connectivity index (χ2v) is 9.01. The maximum Gasteiger partial charge on any atom is 0.318 e. The zero-order valence-electron chi connectivity index (χ0n) is 19.5. The van der Waals surface area contributed by atoms with Crippen LogP contribution in [-0.2, 0) is 16.6 Å². The molecular formula is C24H33N5O3. The van der Waals surface area contributed by atoms with Gasteiger partial charge in [0.15, 0.2) is 0 Å². The van der Waals surface area contributed by atoms with Gasteiger partial charge in [0.1, 0.15) is 6.54 Å². The number of urea groups is 1. The van der Waals surface area contributed by atoms with Crippen molar-refractivity contribution in [3.8, 4) is 0 Å².